The van der Waals surface area contributed by atoms with Crippen molar-refractivity contribution in [1.29, 1.82) is 0 Å². The van der Waals surface area contributed by atoms with Crippen molar-refractivity contribution in [3.8, 4) is 5.69 Å². The lowest BCUT2D eigenvalue weighted by Crippen LogP contribution is -2.04. The fourth-order valence-electron chi connectivity index (χ4n) is 2.26. The molecule has 0 bridgehead atoms. The molecule has 0 amide bonds. The average molecular weight is 435 g/mol. The molecule has 0 saturated carbocycles. The molecule has 6 heteroatoms. The summed E-state index contributed by atoms with van der Waals surface area (Å²) in [6.07, 6.45) is 0. The summed E-state index contributed by atoms with van der Waals surface area (Å²) in [6.45, 7) is 1.81. The first-order valence-corrected chi connectivity index (χ1v) is 8.14. The van der Waals surface area contributed by atoms with Crippen molar-refractivity contribution >= 4 is 56.8 Å². The quantitative estimate of drug-likeness (QED) is 0.372. The molecule has 0 spiro atoms. The van der Waals surface area contributed by atoms with Gasteiger partial charge in [-0.3, -0.25) is 4.57 Å². The van der Waals surface area contributed by atoms with Gasteiger partial charge in [-0.1, -0.05) is 17.7 Å². The summed E-state index contributed by atoms with van der Waals surface area (Å²) >= 11 is 14.3. The van der Waals surface area contributed by atoms with Crippen molar-refractivity contribution in [2.75, 3.05) is 0 Å². The van der Waals surface area contributed by atoms with Crippen molar-refractivity contribution in [3.63, 3.8) is 0 Å². The highest BCUT2D eigenvalue weighted by Crippen LogP contribution is 2.31. The standard InChI is InChI=1S/C15H10Cl2FIN2/c1-8(16)15-20-11-7-9(19)5-6-12(11)21(15)13-4-2-3-10(17)14(13)18/h2-8H,1H3. The molecule has 0 aliphatic carbocycles. The van der Waals surface area contributed by atoms with Gasteiger partial charge in [0.15, 0.2) is 5.82 Å². The van der Waals surface area contributed by atoms with Gasteiger partial charge in [0, 0.05) is 3.57 Å². The second-order valence-corrected chi connectivity index (χ2v) is 6.93. The first kappa shape index (κ1) is 15.1. The summed E-state index contributed by atoms with van der Waals surface area (Å²) in [6, 6.07) is 10.7. The molecule has 0 aliphatic heterocycles. The Balaban J connectivity index is 2.39. The van der Waals surface area contributed by atoms with Crippen LogP contribution in [0.15, 0.2) is 36.4 Å². The highest BCUT2D eigenvalue weighted by Gasteiger charge is 2.19. The predicted molar refractivity (Wildman–Crippen MR) is 93.0 cm³/mol. The minimum atomic E-state index is -0.476. The molecule has 1 unspecified atom stereocenters. The smallest absolute Gasteiger partial charge is 0.165 e. The van der Waals surface area contributed by atoms with Gasteiger partial charge in [0.25, 0.3) is 0 Å². The van der Waals surface area contributed by atoms with E-state index < -0.39 is 5.82 Å². The van der Waals surface area contributed by atoms with Gasteiger partial charge in [-0.2, -0.15) is 0 Å². The molecule has 0 fully saturated rings. The van der Waals surface area contributed by atoms with Gasteiger partial charge in [0.1, 0.15) is 5.82 Å². The molecule has 1 heterocycles. The minimum Gasteiger partial charge on any atom is -0.292 e. The summed E-state index contributed by atoms with van der Waals surface area (Å²) in [5.74, 6) is 0.116. The van der Waals surface area contributed by atoms with E-state index in [0.717, 1.165) is 14.6 Å². The zero-order valence-corrected chi connectivity index (χ0v) is 14.6. The second-order valence-electron chi connectivity index (χ2n) is 4.63. The first-order valence-electron chi connectivity index (χ1n) is 6.25. The lowest BCUT2D eigenvalue weighted by molar-refractivity contribution is 0.617. The number of benzene rings is 2. The molecule has 2 aromatic carbocycles. The third-order valence-electron chi connectivity index (χ3n) is 3.17. The number of aromatic nitrogens is 2. The summed E-state index contributed by atoms with van der Waals surface area (Å²) < 4.78 is 17.2. The van der Waals surface area contributed by atoms with E-state index in [-0.39, 0.29) is 10.4 Å². The van der Waals surface area contributed by atoms with Crippen LogP contribution >= 0.6 is 45.8 Å². The van der Waals surface area contributed by atoms with Crippen molar-refractivity contribution in [3.05, 3.63) is 56.6 Å². The molecule has 0 N–H and O–H groups in total. The predicted octanol–water partition coefficient (Wildman–Crippen LogP) is 5.72. The number of hydrogen-bond donors (Lipinski definition) is 0. The van der Waals surface area contributed by atoms with Crippen LogP contribution < -0.4 is 0 Å². The fraction of sp³-hybridized carbons (Fsp3) is 0.133. The van der Waals surface area contributed by atoms with Crippen LogP contribution in [0.4, 0.5) is 4.39 Å². The van der Waals surface area contributed by atoms with E-state index in [4.69, 9.17) is 23.2 Å². The van der Waals surface area contributed by atoms with Crippen LogP contribution in [-0.4, -0.2) is 9.55 Å². The van der Waals surface area contributed by atoms with E-state index in [9.17, 15) is 4.39 Å². The third kappa shape index (κ3) is 2.64. The van der Waals surface area contributed by atoms with Crippen LogP contribution in [-0.2, 0) is 0 Å². The zero-order valence-electron chi connectivity index (χ0n) is 10.9. The topological polar surface area (TPSA) is 17.8 Å². The number of rotatable bonds is 2. The third-order valence-corrected chi connectivity index (χ3v) is 4.33. The van der Waals surface area contributed by atoms with E-state index >= 15 is 0 Å². The maximum absolute atomic E-state index is 14.4. The number of nitrogens with zero attached hydrogens (tertiary/aromatic N) is 2. The van der Waals surface area contributed by atoms with Gasteiger partial charge in [-0.15, -0.1) is 11.6 Å². The number of alkyl halides is 1. The Bertz CT molecular complexity index is 830. The van der Waals surface area contributed by atoms with Crippen molar-refractivity contribution in [2.45, 2.75) is 12.3 Å². The molecule has 1 aromatic heterocycles. The van der Waals surface area contributed by atoms with Gasteiger partial charge < -0.3 is 0 Å². The monoisotopic (exact) mass is 434 g/mol. The number of hydrogen-bond acceptors (Lipinski definition) is 1. The normalized spacial score (nSPS) is 12.8. The van der Waals surface area contributed by atoms with Gasteiger partial charge in [-0.05, 0) is 59.8 Å². The van der Waals surface area contributed by atoms with E-state index in [2.05, 4.69) is 27.6 Å². The van der Waals surface area contributed by atoms with Crippen LogP contribution in [0.5, 0.6) is 0 Å². The average Bonchev–Trinajstić information content (AvgIpc) is 2.80. The van der Waals surface area contributed by atoms with Crippen molar-refractivity contribution in [1.82, 2.24) is 9.55 Å². The van der Waals surface area contributed by atoms with Gasteiger partial charge in [0.2, 0.25) is 0 Å². The number of imidazole rings is 1. The van der Waals surface area contributed by atoms with E-state index in [0.29, 0.717) is 11.5 Å². The molecule has 21 heavy (non-hydrogen) atoms. The van der Waals surface area contributed by atoms with Crippen LogP contribution in [0.25, 0.3) is 16.7 Å². The fourth-order valence-corrected chi connectivity index (χ4v) is 3.05. The van der Waals surface area contributed by atoms with E-state index in [1.165, 1.54) is 6.07 Å². The minimum absolute atomic E-state index is 0.0769. The molecule has 3 aromatic rings. The molecule has 1 atom stereocenters. The summed E-state index contributed by atoms with van der Waals surface area (Å²) in [7, 11) is 0. The second kappa shape index (κ2) is 5.74. The molecule has 0 saturated heterocycles. The Morgan fingerprint density at radius 2 is 2.05 bits per heavy atom. The zero-order chi connectivity index (χ0) is 15.1. The molecular weight excluding hydrogens is 425 g/mol. The maximum Gasteiger partial charge on any atom is 0.165 e. The highest BCUT2D eigenvalue weighted by molar-refractivity contribution is 14.1. The van der Waals surface area contributed by atoms with Crippen LogP contribution in [0.2, 0.25) is 5.02 Å². The summed E-state index contributed by atoms with van der Waals surface area (Å²) in [5.41, 5.74) is 1.94. The lowest BCUT2D eigenvalue weighted by atomic mass is 10.2. The van der Waals surface area contributed by atoms with Crippen molar-refractivity contribution in [2.24, 2.45) is 0 Å². The molecule has 2 nitrogen and oxygen atoms in total. The largest absolute Gasteiger partial charge is 0.292 e. The highest BCUT2D eigenvalue weighted by atomic mass is 127. The molecule has 108 valence electrons. The maximum atomic E-state index is 14.4. The Morgan fingerprint density at radius 1 is 1.29 bits per heavy atom. The van der Waals surface area contributed by atoms with Crippen LogP contribution in [0.3, 0.4) is 0 Å². The first-order chi connectivity index (χ1) is 9.99. The number of halogens is 4. The van der Waals surface area contributed by atoms with E-state index in [1.54, 1.807) is 16.7 Å². The Labute approximate surface area is 145 Å². The molecule has 3 rings (SSSR count). The van der Waals surface area contributed by atoms with Crippen molar-refractivity contribution < 1.29 is 4.39 Å². The SMILES string of the molecule is CC(Cl)c1nc2cc(I)ccc2n1-c1cccc(Cl)c1F. The summed E-state index contributed by atoms with van der Waals surface area (Å²) in [5, 5.41) is -0.276. The lowest BCUT2D eigenvalue weighted by Gasteiger charge is -2.12. The Kier molecular flexibility index (Phi) is 4.12. The molecule has 0 radical (unpaired) electrons. The summed E-state index contributed by atoms with van der Waals surface area (Å²) in [4.78, 5) is 4.54. The van der Waals surface area contributed by atoms with Gasteiger partial charge >= 0.3 is 0 Å². The Hall–Kier alpha value is -0.850. The molecular formula is C15H10Cl2FIN2. The number of fused-ring (bicyclic) bond motifs is 1. The van der Waals surface area contributed by atoms with Gasteiger partial charge in [-0.25, -0.2) is 9.37 Å². The van der Waals surface area contributed by atoms with Gasteiger partial charge in [0.05, 0.1) is 27.1 Å². The van der Waals surface area contributed by atoms with Crippen LogP contribution in [0, 0.1) is 9.39 Å². The Morgan fingerprint density at radius 3 is 2.76 bits per heavy atom. The van der Waals surface area contributed by atoms with E-state index in [1.807, 2.05) is 25.1 Å². The van der Waals surface area contributed by atoms with Crippen LogP contribution in [0.1, 0.15) is 18.1 Å². The molecule has 0 aliphatic rings.